The lowest BCUT2D eigenvalue weighted by Crippen LogP contribution is -2.40. The Morgan fingerprint density at radius 2 is 1.90 bits per heavy atom. The number of halogens is 2. The van der Waals surface area contributed by atoms with Crippen LogP contribution in [0.1, 0.15) is 5.56 Å². The van der Waals surface area contributed by atoms with Gasteiger partial charge < -0.3 is 14.8 Å². The number of anilines is 1. The van der Waals surface area contributed by atoms with E-state index < -0.39 is 10.0 Å². The number of amides is 1. The number of nitrogens with one attached hydrogen (secondary N) is 1. The number of nitrogens with zero attached hydrogens (tertiary/aromatic N) is 1. The molecule has 1 fully saturated rings. The number of ether oxygens (including phenoxy) is 2. The summed E-state index contributed by atoms with van der Waals surface area (Å²) in [6.45, 7) is 1.30. The van der Waals surface area contributed by atoms with Gasteiger partial charge in [-0.2, -0.15) is 4.31 Å². The molecule has 0 bridgehead atoms. The quantitative estimate of drug-likeness (QED) is 0.586. The van der Waals surface area contributed by atoms with Crippen LogP contribution in [-0.2, 0) is 25.3 Å². The predicted molar refractivity (Wildman–Crippen MR) is 124 cm³/mol. The van der Waals surface area contributed by atoms with Crippen LogP contribution < -0.4 is 10.1 Å². The molecule has 1 amide bonds. The topological polar surface area (TPSA) is 84.9 Å². The van der Waals surface area contributed by atoms with Gasteiger partial charge in [-0.25, -0.2) is 8.42 Å². The largest absolute Gasteiger partial charge is 0.495 e. The number of hydrogen-bond acceptors (Lipinski definition) is 6. The second-order valence-electron chi connectivity index (χ2n) is 6.67. The fraction of sp³-hybridized carbons (Fsp3) is 0.350. The van der Waals surface area contributed by atoms with Crippen molar-refractivity contribution in [2.45, 2.75) is 10.6 Å². The summed E-state index contributed by atoms with van der Waals surface area (Å²) in [7, 11) is -2.23. The lowest BCUT2D eigenvalue weighted by atomic mass is 10.2. The van der Waals surface area contributed by atoms with Crippen LogP contribution in [0.15, 0.2) is 41.3 Å². The van der Waals surface area contributed by atoms with Crippen LogP contribution in [0.2, 0.25) is 10.0 Å². The van der Waals surface area contributed by atoms with E-state index in [0.717, 1.165) is 5.56 Å². The van der Waals surface area contributed by atoms with Crippen molar-refractivity contribution in [1.29, 1.82) is 0 Å². The Morgan fingerprint density at radius 3 is 2.58 bits per heavy atom. The summed E-state index contributed by atoms with van der Waals surface area (Å²) in [6.07, 6.45) is 0. The van der Waals surface area contributed by atoms with Gasteiger partial charge in [-0.1, -0.05) is 29.3 Å². The molecule has 1 N–H and O–H groups in total. The maximum Gasteiger partial charge on any atom is 0.243 e. The van der Waals surface area contributed by atoms with E-state index in [0.29, 0.717) is 53.5 Å². The fourth-order valence-corrected chi connectivity index (χ4v) is 5.49. The van der Waals surface area contributed by atoms with E-state index in [-0.39, 0.29) is 16.6 Å². The van der Waals surface area contributed by atoms with Gasteiger partial charge in [-0.3, -0.25) is 4.79 Å². The highest BCUT2D eigenvalue weighted by molar-refractivity contribution is 7.99. The minimum absolute atomic E-state index is 0.0916. The SMILES string of the molecule is COc1ccc(S(=O)(=O)N2CCOCC2)cc1NC(=O)CSCc1ccc(Cl)c(Cl)c1. The van der Waals surface area contributed by atoms with Gasteiger partial charge >= 0.3 is 0 Å². The molecule has 0 aromatic heterocycles. The average Bonchev–Trinajstić information content (AvgIpc) is 2.76. The zero-order valence-electron chi connectivity index (χ0n) is 16.8. The minimum Gasteiger partial charge on any atom is -0.495 e. The molecule has 0 unspecified atom stereocenters. The van der Waals surface area contributed by atoms with Gasteiger partial charge in [0.25, 0.3) is 0 Å². The number of sulfonamides is 1. The van der Waals surface area contributed by atoms with Crippen LogP contribution in [0.4, 0.5) is 5.69 Å². The number of thioether (sulfide) groups is 1. The standard InChI is InChI=1S/C20H22Cl2N2O5S2/c1-28-19-5-3-15(31(26,27)24-6-8-29-9-7-24)11-18(19)23-20(25)13-30-12-14-2-4-16(21)17(22)10-14/h2-5,10-11H,6-9,12-13H2,1H3,(H,23,25). The number of rotatable bonds is 8. The minimum atomic E-state index is -3.69. The van der Waals surface area contributed by atoms with Gasteiger partial charge in [-0.05, 0) is 35.9 Å². The molecule has 0 atom stereocenters. The van der Waals surface area contributed by atoms with Crippen molar-refractivity contribution in [2.75, 3.05) is 44.5 Å². The third-order valence-corrected chi connectivity index (χ3v) is 8.18. The van der Waals surface area contributed by atoms with E-state index in [9.17, 15) is 13.2 Å². The molecule has 11 heteroatoms. The van der Waals surface area contributed by atoms with Crippen LogP contribution >= 0.6 is 35.0 Å². The van der Waals surface area contributed by atoms with Crippen molar-refractivity contribution in [3.8, 4) is 5.75 Å². The van der Waals surface area contributed by atoms with Gasteiger partial charge in [0.15, 0.2) is 0 Å². The van der Waals surface area contributed by atoms with E-state index >= 15 is 0 Å². The van der Waals surface area contributed by atoms with Gasteiger partial charge in [0, 0.05) is 18.8 Å². The van der Waals surface area contributed by atoms with E-state index in [1.165, 1.54) is 41.4 Å². The highest BCUT2D eigenvalue weighted by Crippen LogP contribution is 2.30. The second-order valence-corrected chi connectivity index (χ2v) is 10.4. The van der Waals surface area contributed by atoms with Crippen LogP contribution in [0.5, 0.6) is 5.75 Å². The zero-order chi connectivity index (χ0) is 22.4. The molecule has 0 saturated carbocycles. The summed E-state index contributed by atoms with van der Waals surface area (Å²) in [5.41, 5.74) is 1.25. The first-order valence-electron chi connectivity index (χ1n) is 9.38. The summed E-state index contributed by atoms with van der Waals surface area (Å²) < 4.78 is 37.7. The van der Waals surface area contributed by atoms with Crippen LogP contribution in [0.25, 0.3) is 0 Å². The van der Waals surface area contributed by atoms with Crippen LogP contribution in [0.3, 0.4) is 0 Å². The molecule has 0 spiro atoms. The molecular weight excluding hydrogens is 483 g/mol. The monoisotopic (exact) mass is 504 g/mol. The molecule has 1 heterocycles. The number of benzene rings is 2. The smallest absolute Gasteiger partial charge is 0.243 e. The summed E-state index contributed by atoms with van der Waals surface area (Å²) in [5, 5.41) is 3.69. The maximum absolute atomic E-state index is 12.9. The fourth-order valence-electron chi connectivity index (χ4n) is 2.96. The lowest BCUT2D eigenvalue weighted by molar-refractivity contribution is -0.113. The summed E-state index contributed by atoms with van der Waals surface area (Å²) >= 11 is 13.3. The lowest BCUT2D eigenvalue weighted by Gasteiger charge is -2.26. The highest BCUT2D eigenvalue weighted by Gasteiger charge is 2.27. The number of carbonyl (C=O) groups is 1. The van der Waals surface area contributed by atoms with Crippen molar-refractivity contribution in [3.63, 3.8) is 0 Å². The number of methoxy groups -OCH3 is 1. The van der Waals surface area contributed by atoms with Crippen LogP contribution in [0, 0.1) is 0 Å². The first-order chi connectivity index (χ1) is 14.8. The second kappa shape index (κ2) is 10.9. The number of carbonyl (C=O) groups excluding carboxylic acids is 1. The van der Waals surface area contributed by atoms with E-state index in [4.69, 9.17) is 32.7 Å². The Morgan fingerprint density at radius 1 is 1.16 bits per heavy atom. The van der Waals surface area contributed by atoms with Crippen molar-refractivity contribution >= 4 is 56.6 Å². The zero-order valence-corrected chi connectivity index (χ0v) is 19.9. The average molecular weight is 505 g/mol. The maximum atomic E-state index is 12.9. The Hall–Kier alpha value is -1.49. The normalized spacial score (nSPS) is 14.9. The molecular formula is C20H22Cl2N2O5S2. The molecule has 3 rings (SSSR count). The molecule has 7 nitrogen and oxygen atoms in total. The van der Waals surface area contributed by atoms with Crippen molar-refractivity contribution < 1.29 is 22.7 Å². The number of morpholine rings is 1. The summed E-state index contributed by atoms with van der Waals surface area (Å²) in [4.78, 5) is 12.5. The Kier molecular flexibility index (Phi) is 8.49. The van der Waals surface area contributed by atoms with Crippen molar-refractivity contribution in [1.82, 2.24) is 4.31 Å². The van der Waals surface area contributed by atoms with Gasteiger partial charge in [-0.15, -0.1) is 11.8 Å². The van der Waals surface area contributed by atoms with Crippen LogP contribution in [-0.4, -0.2) is 57.8 Å². The highest BCUT2D eigenvalue weighted by atomic mass is 35.5. The van der Waals surface area contributed by atoms with E-state index in [2.05, 4.69) is 5.32 Å². The van der Waals surface area contributed by atoms with Crippen molar-refractivity contribution in [3.05, 3.63) is 52.0 Å². The molecule has 168 valence electrons. The number of hydrogen-bond donors (Lipinski definition) is 1. The van der Waals surface area contributed by atoms with E-state index in [1.807, 2.05) is 6.07 Å². The van der Waals surface area contributed by atoms with Gasteiger partial charge in [0.05, 0.1) is 46.7 Å². The Labute approximate surface area is 196 Å². The Bertz CT molecular complexity index is 1040. The third-order valence-electron chi connectivity index (χ3n) is 4.54. The predicted octanol–water partition coefficient (Wildman–Crippen LogP) is 3.89. The third kappa shape index (κ3) is 6.27. The Balaban J connectivity index is 1.66. The summed E-state index contributed by atoms with van der Waals surface area (Å²) in [6, 6.07) is 9.75. The molecule has 2 aromatic rings. The molecule has 31 heavy (non-hydrogen) atoms. The van der Waals surface area contributed by atoms with Gasteiger partial charge in [0.2, 0.25) is 15.9 Å². The summed E-state index contributed by atoms with van der Waals surface area (Å²) in [5.74, 6) is 0.851. The molecule has 0 radical (unpaired) electrons. The van der Waals surface area contributed by atoms with Crippen molar-refractivity contribution in [2.24, 2.45) is 0 Å². The molecule has 1 aliphatic rings. The van der Waals surface area contributed by atoms with E-state index in [1.54, 1.807) is 12.1 Å². The molecule has 0 aliphatic carbocycles. The molecule has 1 saturated heterocycles. The molecule has 1 aliphatic heterocycles. The van der Waals surface area contributed by atoms with Gasteiger partial charge in [0.1, 0.15) is 5.75 Å². The molecule has 2 aromatic carbocycles. The first kappa shape index (κ1) is 24.2. The first-order valence-corrected chi connectivity index (χ1v) is 12.7.